The predicted octanol–water partition coefficient (Wildman–Crippen LogP) is 3.09. The first-order valence-corrected chi connectivity index (χ1v) is 7.35. The molecule has 0 fully saturated rings. The first-order chi connectivity index (χ1) is 9.31. The van der Waals surface area contributed by atoms with E-state index in [1.165, 1.54) is 12.1 Å². The smallest absolute Gasteiger partial charge is 0.371 e. The van der Waals surface area contributed by atoms with E-state index in [1.807, 2.05) is 0 Å². The molecule has 0 bridgehead atoms. The number of anilines is 1. The highest BCUT2D eigenvalue weighted by molar-refractivity contribution is 7.92. The van der Waals surface area contributed by atoms with Gasteiger partial charge < -0.3 is 9.52 Å². The fourth-order valence-electron chi connectivity index (χ4n) is 1.36. The number of nitrogens with one attached hydrogen (secondary N) is 1. The molecular formula is C11H7Cl2NO5S. The molecule has 2 rings (SSSR count). The molecule has 0 atom stereocenters. The molecule has 0 saturated heterocycles. The first kappa shape index (κ1) is 14.7. The first-order valence-electron chi connectivity index (χ1n) is 5.11. The number of sulfonamides is 1. The van der Waals surface area contributed by atoms with Crippen LogP contribution in [0.5, 0.6) is 0 Å². The summed E-state index contributed by atoms with van der Waals surface area (Å²) in [4.78, 5) is 10.7. The maximum absolute atomic E-state index is 12.0. The van der Waals surface area contributed by atoms with Gasteiger partial charge in [-0.2, -0.15) is 8.42 Å². The van der Waals surface area contributed by atoms with Gasteiger partial charge in [-0.15, -0.1) is 0 Å². The van der Waals surface area contributed by atoms with E-state index < -0.39 is 26.8 Å². The van der Waals surface area contributed by atoms with Crippen molar-refractivity contribution in [3.63, 3.8) is 0 Å². The molecule has 2 N–H and O–H groups in total. The van der Waals surface area contributed by atoms with Crippen LogP contribution in [0.4, 0.5) is 5.69 Å². The lowest BCUT2D eigenvalue weighted by Crippen LogP contribution is -2.13. The van der Waals surface area contributed by atoms with Gasteiger partial charge in [0.05, 0.1) is 15.7 Å². The van der Waals surface area contributed by atoms with E-state index in [1.54, 1.807) is 6.07 Å². The molecule has 0 aliphatic heterocycles. The van der Waals surface area contributed by atoms with Gasteiger partial charge >= 0.3 is 5.97 Å². The Morgan fingerprint density at radius 1 is 1.15 bits per heavy atom. The van der Waals surface area contributed by atoms with Gasteiger partial charge in [0, 0.05) is 0 Å². The Labute approximate surface area is 124 Å². The average molecular weight is 336 g/mol. The van der Waals surface area contributed by atoms with Gasteiger partial charge in [0.25, 0.3) is 10.0 Å². The number of aromatic carboxylic acids is 1. The number of furan rings is 1. The number of rotatable bonds is 4. The molecule has 20 heavy (non-hydrogen) atoms. The zero-order valence-electron chi connectivity index (χ0n) is 9.63. The highest BCUT2D eigenvalue weighted by atomic mass is 35.5. The molecule has 0 aliphatic rings. The second-order valence-electron chi connectivity index (χ2n) is 3.63. The number of hydrogen-bond donors (Lipinski definition) is 2. The molecule has 2 aromatic rings. The summed E-state index contributed by atoms with van der Waals surface area (Å²) in [5, 5.41) is 8.35. The Kier molecular flexibility index (Phi) is 3.94. The van der Waals surface area contributed by atoms with Crippen molar-refractivity contribution < 1.29 is 22.7 Å². The van der Waals surface area contributed by atoms with Crippen molar-refractivity contribution in [2.45, 2.75) is 5.09 Å². The summed E-state index contributed by atoms with van der Waals surface area (Å²) in [6.07, 6.45) is 0. The second-order valence-corrected chi connectivity index (χ2v) is 6.05. The highest BCUT2D eigenvalue weighted by Crippen LogP contribution is 2.32. The Morgan fingerprint density at radius 3 is 2.25 bits per heavy atom. The standard InChI is InChI=1S/C11H7Cl2NO5S/c12-6-2-1-3-7(13)10(6)14-20(17,18)9-5-4-8(19-9)11(15)16/h1-5,14H,(H,15,16). The van der Waals surface area contributed by atoms with Crippen molar-refractivity contribution in [1.29, 1.82) is 0 Å². The summed E-state index contributed by atoms with van der Waals surface area (Å²) < 4.78 is 30.9. The molecule has 9 heteroatoms. The zero-order valence-corrected chi connectivity index (χ0v) is 12.0. The Morgan fingerprint density at radius 2 is 1.75 bits per heavy atom. The van der Waals surface area contributed by atoms with Crippen LogP contribution in [0.25, 0.3) is 0 Å². The fraction of sp³-hybridized carbons (Fsp3) is 0. The van der Waals surface area contributed by atoms with E-state index in [-0.39, 0.29) is 15.7 Å². The maximum atomic E-state index is 12.0. The van der Waals surface area contributed by atoms with Gasteiger partial charge in [-0.3, -0.25) is 4.72 Å². The summed E-state index contributed by atoms with van der Waals surface area (Å²) >= 11 is 11.7. The van der Waals surface area contributed by atoms with Gasteiger partial charge in [0.2, 0.25) is 10.9 Å². The molecule has 106 valence electrons. The Balaban J connectivity index is 2.38. The van der Waals surface area contributed by atoms with Crippen LogP contribution in [0.3, 0.4) is 0 Å². The predicted molar refractivity (Wildman–Crippen MR) is 72.9 cm³/mol. The van der Waals surface area contributed by atoms with Gasteiger partial charge in [-0.25, -0.2) is 4.79 Å². The Hall–Kier alpha value is -1.70. The molecule has 1 heterocycles. The van der Waals surface area contributed by atoms with Crippen LogP contribution in [0, 0.1) is 0 Å². The van der Waals surface area contributed by atoms with E-state index >= 15 is 0 Å². The SMILES string of the molecule is O=C(O)c1ccc(S(=O)(=O)Nc2c(Cl)cccc2Cl)o1. The maximum Gasteiger partial charge on any atom is 0.371 e. The third-order valence-electron chi connectivity index (χ3n) is 2.26. The summed E-state index contributed by atoms with van der Waals surface area (Å²) in [5.74, 6) is -1.86. The molecule has 1 aromatic heterocycles. The van der Waals surface area contributed by atoms with Crippen LogP contribution in [-0.2, 0) is 10.0 Å². The van der Waals surface area contributed by atoms with E-state index in [9.17, 15) is 13.2 Å². The van der Waals surface area contributed by atoms with Crippen LogP contribution in [0.15, 0.2) is 39.8 Å². The van der Waals surface area contributed by atoms with Crippen LogP contribution in [0.2, 0.25) is 10.0 Å². The summed E-state index contributed by atoms with van der Waals surface area (Å²) in [6.45, 7) is 0. The minimum absolute atomic E-state index is 0.0101. The van der Waals surface area contributed by atoms with Crippen LogP contribution < -0.4 is 4.72 Å². The molecule has 0 unspecified atom stereocenters. The molecular weight excluding hydrogens is 329 g/mol. The Bertz CT molecular complexity index is 749. The second kappa shape index (κ2) is 5.35. The molecule has 0 aliphatic carbocycles. The minimum atomic E-state index is -4.12. The van der Waals surface area contributed by atoms with Crippen molar-refractivity contribution in [1.82, 2.24) is 0 Å². The number of carboxylic acids is 1. The van der Waals surface area contributed by atoms with Gasteiger partial charge in [0.1, 0.15) is 0 Å². The minimum Gasteiger partial charge on any atom is -0.475 e. The van der Waals surface area contributed by atoms with Gasteiger partial charge in [-0.05, 0) is 24.3 Å². The van der Waals surface area contributed by atoms with Crippen molar-refractivity contribution in [3.8, 4) is 0 Å². The monoisotopic (exact) mass is 335 g/mol. The largest absolute Gasteiger partial charge is 0.475 e. The number of benzene rings is 1. The number of carbonyl (C=O) groups is 1. The van der Waals surface area contributed by atoms with Crippen LogP contribution >= 0.6 is 23.2 Å². The van der Waals surface area contributed by atoms with E-state index in [0.717, 1.165) is 12.1 Å². The summed E-state index contributed by atoms with van der Waals surface area (Å²) in [5.41, 5.74) is -0.0101. The lowest BCUT2D eigenvalue weighted by atomic mass is 10.3. The van der Waals surface area contributed by atoms with E-state index in [4.69, 9.17) is 32.7 Å². The van der Waals surface area contributed by atoms with Crippen molar-refractivity contribution in [3.05, 3.63) is 46.1 Å². The summed E-state index contributed by atoms with van der Waals surface area (Å²) in [6, 6.07) is 6.52. The molecule has 0 amide bonds. The number of para-hydroxylation sites is 1. The molecule has 1 aromatic carbocycles. The van der Waals surface area contributed by atoms with Crippen molar-refractivity contribution in [2.75, 3.05) is 4.72 Å². The number of halogens is 2. The molecule has 6 nitrogen and oxygen atoms in total. The highest BCUT2D eigenvalue weighted by Gasteiger charge is 2.23. The molecule has 0 saturated carbocycles. The molecule has 0 spiro atoms. The van der Waals surface area contributed by atoms with Crippen LogP contribution in [0.1, 0.15) is 10.6 Å². The lowest BCUT2D eigenvalue weighted by Gasteiger charge is -2.09. The quantitative estimate of drug-likeness (QED) is 0.894. The average Bonchev–Trinajstić information content (AvgIpc) is 2.84. The molecule has 0 radical (unpaired) electrons. The van der Waals surface area contributed by atoms with Gasteiger partial charge in [0.15, 0.2) is 0 Å². The van der Waals surface area contributed by atoms with E-state index in [2.05, 4.69) is 4.72 Å². The lowest BCUT2D eigenvalue weighted by molar-refractivity contribution is 0.0656. The van der Waals surface area contributed by atoms with Crippen molar-refractivity contribution >= 4 is 44.9 Å². The van der Waals surface area contributed by atoms with Crippen LogP contribution in [-0.4, -0.2) is 19.5 Å². The number of hydrogen-bond acceptors (Lipinski definition) is 4. The van der Waals surface area contributed by atoms with Gasteiger partial charge in [-0.1, -0.05) is 29.3 Å². The third-order valence-corrected chi connectivity index (χ3v) is 4.11. The topological polar surface area (TPSA) is 96.6 Å². The van der Waals surface area contributed by atoms with E-state index in [0.29, 0.717) is 0 Å². The number of carboxylic acid groups (broad SMARTS) is 1. The fourth-order valence-corrected chi connectivity index (χ4v) is 3.00. The summed E-state index contributed by atoms with van der Waals surface area (Å²) in [7, 11) is -4.12. The van der Waals surface area contributed by atoms with Crippen molar-refractivity contribution in [2.24, 2.45) is 0 Å². The normalized spacial score (nSPS) is 11.3. The third kappa shape index (κ3) is 2.90. The zero-order chi connectivity index (χ0) is 14.9.